The van der Waals surface area contributed by atoms with Gasteiger partial charge in [0.1, 0.15) is 16.7 Å². The molecule has 2 rings (SSSR count). The molecule has 0 aliphatic rings. The Balaban J connectivity index is 2.63. The van der Waals surface area contributed by atoms with Crippen LogP contribution in [0.15, 0.2) is 12.3 Å². The van der Waals surface area contributed by atoms with Gasteiger partial charge in [-0.05, 0) is 35.6 Å². The smallest absolute Gasteiger partial charge is 0.180 e. The fourth-order valence-corrected chi connectivity index (χ4v) is 2.83. The predicted molar refractivity (Wildman–Crippen MR) is 84.2 cm³/mol. The van der Waals surface area contributed by atoms with E-state index in [1.54, 1.807) is 12.3 Å². The van der Waals surface area contributed by atoms with Gasteiger partial charge < -0.3 is 0 Å². The molecule has 0 saturated carbocycles. The fourth-order valence-electron chi connectivity index (χ4n) is 1.61. The van der Waals surface area contributed by atoms with Gasteiger partial charge in [0.15, 0.2) is 5.82 Å². The molecular formula is C13H14ClIN4. The van der Waals surface area contributed by atoms with E-state index in [0.717, 1.165) is 9.26 Å². The van der Waals surface area contributed by atoms with Crippen molar-refractivity contribution in [1.29, 1.82) is 0 Å². The quantitative estimate of drug-likeness (QED) is 0.551. The number of nitrogens with zero attached hydrogens (tertiary/aromatic N) is 4. The van der Waals surface area contributed by atoms with Gasteiger partial charge in [-0.3, -0.25) is 0 Å². The maximum absolute atomic E-state index is 6.21. The van der Waals surface area contributed by atoms with Crippen molar-refractivity contribution in [3.63, 3.8) is 0 Å². The van der Waals surface area contributed by atoms with Crippen LogP contribution in [0.25, 0.3) is 11.5 Å². The van der Waals surface area contributed by atoms with Crippen LogP contribution in [0.4, 0.5) is 0 Å². The maximum atomic E-state index is 6.21. The predicted octanol–water partition coefficient (Wildman–Crippen LogP) is 3.80. The summed E-state index contributed by atoms with van der Waals surface area (Å²) in [5, 5.41) is 0.465. The van der Waals surface area contributed by atoms with Crippen LogP contribution in [-0.4, -0.2) is 19.9 Å². The molecular weight excluding hydrogens is 375 g/mol. The molecule has 2 aromatic rings. The molecule has 0 amide bonds. The van der Waals surface area contributed by atoms with E-state index in [1.807, 2.05) is 6.92 Å². The molecule has 0 N–H and O–H groups in total. The molecule has 100 valence electrons. The summed E-state index contributed by atoms with van der Waals surface area (Å²) in [7, 11) is 0. The minimum Gasteiger partial charge on any atom is -0.242 e. The van der Waals surface area contributed by atoms with E-state index >= 15 is 0 Å². The Hall–Kier alpha value is -0.820. The summed E-state index contributed by atoms with van der Waals surface area (Å²) in [5.74, 6) is 1.23. The Morgan fingerprint density at radius 1 is 1.16 bits per heavy atom. The van der Waals surface area contributed by atoms with Crippen LogP contribution in [0, 0.1) is 10.5 Å². The molecule has 0 unspecified atom stereocenters. The van der Waals surface area contributed by atoms with Gasteiger partial charge in [-0.25, -0.2) is 19.9 Å². The highest BCUT2D eigenvalue weighted by Gasteiger charge is 2.23. The van der Waals surface area contributed by atoms with E-state index < -0.39 is 0 Å². The van der Waals surface area contributed by atoms with Crippen molar-refractivity contribution < 1.29 is 0 Å². The third-order valence-corrected chi connectivity index (χ3v) is 4.14. The Morgan fingerprint density at radius 3 is 2.42 bits per heavy atom. The van der Waals surface area contributed by atoms with Gasteiger partial charge in [0.2, 0.25) is 0 Å². The topological polar surface area (TPSA) is 51.6 Å². The molecule has 2 aromatic heterocycles. The molecule has 2 heterocycles. The summed E-state index contributed by atoms with van der Waals surface area (Å²) < 4.78 is 0.890. The van der Waals surface area contributed by atoms with Crippen LogP contribution in [0.2, 0.25) is 5.15 Å². The van der Waals surface area contributed by atoms with Crippen LogP contribution >= 0.6 is 34.2 Å². The van der Waals surface area contributed by atoms with E-state index in [9.17, 15) is 0 Å². The third-order valence-electron chi connectivity index (χ3n) is 2.53. The van der Waals surface area contributed by atoms with Gasteiger partial charge >= 0.3 is 0 Å². The second-order valence-electron chi connectivity index (χ2n) is 5.24. The lowest BCUT2D eigenvalue weighted by atomic mass is 9.92. The maximum Gasteiger partial charge on any atom is 0.180 e. The Labute approximate surface area is 131 Å². The normalized spacial score (nSPS) is 11.7. The van der Waals surface area contributed by atoms with Gasteiger partial charge in [0, 0.05) is 11.6 Å². The summed E-state index contributed by atoms with van der Waals surface area (Å²) >= 11 is 8.40. The van der Waals surface area contributed by atoms with Crippen molar-refractivity contribution in [2.75, 3.05) is 0 Å². The summed E-state index contributed by atoms with van der Waals surface area (Å²) in [6.07, 6.45) is 1.70. The van der Waals surface area contributed by atoms with Crippen LogP contribution in [0.3, 0.4) is 0 Å². The average molecular weight is 389 g/mol. The number of rotatable bonds is 1. The molecule has 4 nitrogen and oxygen atoms in total. The molecule has 0 atom stereocenters. The zero-order valence-electron chi connectivity index (χ0n) is 11.2. The Kier molecular flexibility index (Phi) is 4.06. The van der Waals surface area contributed by atoms with E-state index in [4.69, 9.17) is 11.6 Å². The number of aryl methyl sites for hydroxylation is 1. The second kappa shape index (κ2) is 5.28. The summed E-state index contributed by atoms with van der Waals surface area (Å²) in [6, 6.07) is 1.79. The molecule has 0 aliphatic heterocycles. The van der Waals surface area contributed by atoms with Gasteiger partial charge in [-0.15, -0.1) is 0 Å². The Morgan fingerprint density at radius 2 is 1.84 bits per heavy atom. The van der Waals surface area contributed by atoms with E-state index in [2.05, 4.69) is 63.3 Å². The van der Waals surface area contributed by atoms with Crippen molar-refractivity contribution >= 4 is 34.2 Å². The van der Waals surface area contributed by atoms with Crippen molar-refractivity contribution in [2.24, 2.45) is 0 Å². The minimum atomic E-state index is -0.0973. The van der Waals surface area contributed by atoms with E-state index in [0.29, 0.717) is 22.5 Å². The lowest BCUT2D eigenvalue weighted by Gasteiger charge is -2.20. The van der Waals surface area contributed by atoms with Gasteiger partial charge in [-0.1, -0.05) is 32.4 Å². The number of hydrogen-bond donors (Lipinski definition) is 0. The van der Waals surface area contributed by atoms with Crippen molar-refractivity contribution in [1.82, 2.24) is 19.9 Å². The first-order chi connectivity index (χ1) is 8.79. The molecule has 0 saturated heterocycles. The van der Waals surface area contributed by atoms with Gasteiger partial charge in [0.05, 0.1) is 9.26 Å². The van der Waals surface area contributed by atoms with Crippen LogP contribution in [-0.2, 0) is 5.41 Å². The zero-order valence-corrected chi connectivity index (χ0v) is 14.1. The molecule has 0 aromatic carbocycles. The average Bonchev–Trinajstić information content (AvgIpc) is 2.31. The molecule has 0 bridgehead atoms. The van der Waals surface area contributed by atoms with Crippen LogP contribution in [0.5, 0.6) is 0 Å². The second-order valence-corrected chi connectivity index (χ2v) is 6.68. The lowest BCUT2D eigenvalue weighted by molar-refractivity contribution is 0.563. The lowest BCUT2D eigenvalue weighted by Crippen LogP contribution is -2.17. The fraction of sp³-hybridized carbons (Fsp3) is 0.385. The minimum absolute atomic E-state index is 0.0973. The monoisotopic (exact) mass is 388 g/mol. The van der Waals surface area contributed by atoms with E-state index in [1.165, 1.54) is 0 Å². The van der Waals surface area contributed by atoms with Crippen LogP contribution < -0.4 is 0 Å². The summed E-state index contributed by atoms with van der Waals surface area (Å²) in [4.78, 5) is 17.4. The third kappa shape index (κ3) is 3.20. The molecule has 6 heteroatoms. The molecule has 0 fully saturated rings. The number of hydrogen-bond acceptors (Lipinski definition) is 4. The molecule has 0 spiro atoms. The van der Waals surface area contributed by atoms with Gasteiger partial charge in [-0.2, -0.15) is 0 Å². The highest BCUT2D eigenvalue weighted by molar-refractivity contribution is 14.1. The number of aromatic nitrogens is 4. The zero-order chi connectivity index (χ0) is 14.2. The first-order valence-electron chi connectivity index (χ1n) is 5.82. The van der Waals surface area contributed by atoms with E-state index in [-0.39, 0.29) is 5.41 Å². The van der Waals surface area contributed by atoms with Crippen molar-refractivity contribution in [3.8, 4) is 11.5 Å². The highest BCUT2D eigenvalue weighted by Crippen LogP contribution is 2.30. The first kappa shape index (κ1) is 14.6. The van der Waals surface area contributed by atoms with Crippen molar-refractivity contribution in [2.45, 2.75) is 33.1 Å². The first-order valence-corrected chi connectivity index (χ1v) is 7.28. The van der Waals surface area contributed by atoms with Gasteiger partial charge in [0.25, 0.3) is 0 Å². The van der Waals surface area contributed by atoms with Crippen LogP contribution in [0.1, 0.15) is 32.3 Å². The molecule has 19 heavy (non-hydrogen) atoms. The number of halogens is 2. The largest absolute Gasteiger partial charge is 0.242 e. The standard InChI is InChI=1S/C13H14ClIN4/c1-7-16-6-5-8(17-7)12-18-10(13(2,3)4)9(15)11(14)19-12/h5-6H,1-4H3. The summed E-state index contributed by atoms with van der Waals surface area (Å²) in [6.45, 7) is 8.14. The molecule has 0 radical (unpaired) electrons. The molecule has 0 aliphatic carbocycles. The highest BCUT2D eigenvalue weighted by atomic mass is 127. The Bertz CT molecular complexity index is 623. The van der Waals surface area contributed by atoms with Crippen molar-refractivity contribution in [3.05, 3.63) is 32.5 Å². The summed E-state index contributed by atoms with van der Waals surface area (Å²) in [5.41, 5.74) is 1.52. The SMILES string of the molecule is Cc1nccc(-c2nc(Cl)c(I)c(C(C)(C)C)n2)n1.